The van der Waals surface area contributed by atoms with Gasteiger partial charge in [-0.25, -0.2) is 0 Å². The quantitative estimate of drug-likeness (QED) is 0.776. The largest absolute Gasteiger partial charge is 0.352 e. The number of nitrogens with one attached hydrogen (secondary N) is 2. The summed E-state index contributed by atoms with van der Waals surface area (Å²) in [6.45, 7) is 11.2. The summed E-state index contributed by atoms with van der Waals surface area (Å²) >= 11 is 0. The number of carbonyl (C=O) groups excluding carboxylic acids is 1. The molecule has 154 valence electrons. The van der Waals surface area contributed by atoms with Gasteiger partial charge in [0, 0.05) is 24.7 Å². The lowest BCUT2D eigenvalue weighted by atomic mass is 9.94. The average Bonchev–Trinajstić information content (AvgIpc) is 2.90. The van der Waals surface area contributed by atoms with Crippen LogP contribution >= 0.6 is 12.4 Å². The molecule has 2 heterocycles. The second-order valence-electron chi connectivity index (χ2n) is 7.94. The van der Waals surface area contributed by atoms with Crippen LogP contribution in [0, 0.1) is 26.7 Å². The van der Waals surface area contributed by atoms with Crippen molar-refractivity contribution in [2.75, 3.05) is 13.1 Å². The van der Waals surface area contributed by atoms with Crippen LogP contribution in [0.4, 0.5) is 0 Å². The van der Waals surface area contributed by atoms with Crippen LogP contribution in [0.25, 0.3) is 0 Å². The summed E-state index contributed by atoms with van der Waals surface area (Å²) < 4.78 is 2.06. The second-order valence-corrected chi connectivity index (χ2v) is 7.94. The topological polar surface area (TPSA) is 59.0 Å². The van der Waals surface area contributed by atoms with Crippen LogP contribution in [0.3, 0.4) is 0 Å². The molecule has 2 aromatic rings. The third kappa shape index (κ3) is 5.58. The predicted octanol–water partition coefficient (Wildman–Crippen LogP) is 3.33. The number of aromatic nitrogens is 2. The van der Waals surface area contributed by atoms with Gasteiger partial charge in [-0.1, -0.05) is 36.8 Å². The van der Waals surface area contributed by atoms with Crippen LogP contribution in [0.1, 0.15) is 47.8 Å². The van der Waals surface area contributed by atoms with Gasteiger partial charge in [0.05, 0.1) is 12.2 Å². The Morgan fingerprint density at radius 3 is 2.64 bits per heavy atom. The van der Waals surface area contributed by atoms with E-state index in [4.69, 9.17) is 5.10 Å². The van der Waals surface area contributed by atoms with Gasteiger partial charge in [0.15, 0.2) is 0 Å². The molecular formula is C22H33ClN4O. The summed E-state index contributed by atoms with van der Waals surface area (Å²) in [7, 11) is 0. The van der Waals surface area contributed by atoms with E-state index in [9.17, 15) is 4.79 Å². The van der Waals surface area contributed by atoms with Gasteiger partial charge in [-0.2, -0.15) is 5.10 Å². The standard InChI is InChI=1S/C22H32N4O.ClH/c1-15-5-7-19(8-6-15)14-26-18(4)20(17(3)25-26)9-10-22(27)24-21-13-23-12-11-16(21)2;/h5-8,16,21,23H,9-14H2,1-4H3,(H,24,27);1H. The van der Waals surface area contributed by atoms with E-state index in [1.54, 1.807) is 0 Å². The van der Waals surface area contributed by atoms with Crippen molar-refractivity contribution in [3.63, 3.8) is 0 Å². The Hall–Kier alpha value is -1.85. The van der Waals surface area contributed by atoms with E-state index in [0.717, 1.165) is 43.9 Å². The van der Waals surface area contributed by atoms with E-state index < -0.39 is 0 Å². The lowest BCUT2D eigenvalue weighted by molar-refractivity contribution is -0.122. The molecule has 5 nitrogen and oxygen atoms in total. The highest BCUT2D eigenvalue weighted by Gasteiger charge is 2.22. The zero-order chi connectivity index (χ0) is 19.4. The number of rotatable bonds is 6. The lowest BCUT2D eigenvalue weighted by Crippen LogP contribution is -2.50. The van der Waals surface area contributed by atoms with Gasteiger partial charge in [-0.05, 0) is 57.2 Å². The maximum atomic E-state index is 12.4. The van der Waals surface area contributed by atoms with Crippen molar-refractivity contribution in [1.29, 1.82) is 0 Å². The summed E-state index contributed by atoms with van der Waals surface area (Å²) in [5.74, 6) is 0.677. The van der Waals surface area contributed by atoms with Crippen molar-refractivity contribution in [2.45, 2.75) is 59.5 Å². The Balaban J connectivity index is 0.00000280. The average molecular weight is 405 g/mol. The summed E-state index contributed by atoms with van der Waals surface area (Å²) in [6.07, 6.45) is 2.38. The highest BCUT2D eigenvalue weighted by Crippen LogP contribution is 2.17. The van der Waals surface area contributed by atoms with Crippen LogP contribution in [0.15, 0.2) is 24.3 Å². The molecule has 0 saturated carbocycles. The van der Waals surface area contributed by atoms with Crippen molar-refractivity contribution in [3.8, 4) is 0 Å². The Morgan fingerprint density at radius 1 is 1.25 bits per heavy atom. The number of carbonyl (C=O) groups is 1. The molecule has 2 N–H and O–H groups in total. The van der Waals surface area contributed by atoms with E-state index in [1.807, 2.05) is 6.92 Å². The Kier molecular flexibility index (Phi) is 8.08. The summed E-state index contributed by atoms with van der Waals surface area (Å²) in [5.41, 5.74) is 5.90. The Labute approximate surface area is 174 Å². The molecule has 1 amide bonds. The van der Waals surface area contributed by atoms with E-state index >= 15 is 0 Å². The first kappa shape index (κ1) is 22.4. The van der Waals surface area contributed by atoms with Gasteiger partial charge in [-0.3, -0.25) is 9.48 Å². The number of nitrogens with zero attached hydrogens (tertiary/aromatic N) is 2. The molecule has 0 aliphatic carbocycles. The van der Waals surface area contributed by atoms with Gasteiger partial charge >= 0.3 is 0 Å². The Bertz CT molecular complexity index is 785. The molecule has 6 heteroatoms. The van der Waals surface area contributed by atoms with Gasteiger partial charge in [0.25, 0.3) is 0 Å². The molecule has 1 aliphatic rings. The molecule has 28 heavy (non-hydrogen) atoms. The van der Waals surface area contributed by atoms with Crippen LogP contribution < -0.4 is 10.6 Å². The molecule has 2 atom stereocenters. The molecule has 3 rings (SSSR count). The van der Waals surface area contributed by atoms with Gasteiger partial charge in [0.1, 0.15) is 0 Å². The number of aryl methyl sites for hydroxylation is 2. The van der Waals surface area contributed by atoms with E-state index in [0.29, 0.717) is 12.3 Å². The molecule has 2 unspecified atom stereocenters. The summed E-state index contributed by atoms with van der Waals surface area (Å²) in [4.78, 5) is 12.4. The lowest BCUT2D eigenvalue weighted by Gasteiger charge is -2.30. The minimum atomic E-state index is 0. The molecule has 0 bridgehead atoms. The number of hydrogen-bond acceptors (Lipinski definition) is 3. The third-order valence-corrected chi connectivity index (χ3v) is 5.76. The van der Waals surface area contributed by atoms with Crippen LogP contribution in [-0.2, 0) is 17.8 Å². The first-order chi connectivity index (χ1) is 12.9. The van der Waals surface area contributed by atoms with E-state index in [2.05, 4.69) is 60.4 Å². The smallest absolute Gasteiger partial charge is 0.220 e. The highest BCUT2D eigenvalue weighted by atomic mass is 35.5. The minimum Gasteiger partial charge on any atom is -0.352 e. The van der Waals surface area contributed by atoms with Gasteiger partial charge in [0.2, 0.25) is 5.91 Å². The Morgan fingerprint density at radius 2 is 1.96 bits per heavy atom. The summed E-state index contributed by atoms with van der Waals surface area (Å²) in [5, 5.41) is 11.3. The highest BCUT2D eigenvalue weighted by molar-refractivity contribution is 5.85. The van der Waals surface area contributed by atoms with E-state index in [1.165, 1.54) is 16.7 Å². The first-order valence-electron chi connectivity index (χ1n) is 10.0. The molecule has 1 aliphatic heterocycles. The fraction of sp³-hybridized carbons (Fsp3) is 0.545. The fourth-order valence-corrected chi connectivity index (χ4v) is 3.82. The van der Waals surface area contributed by atoms with Crippen molar-refractivity contribution < 1.29 is 4.79 Å². The first-order valence-corrected chi connectivity index (χ1v) is 10.0. The fourth-order valence-electron chi connectivity index (χ4n) is 3.82. The summed E-state index contributed by atoms with van der Waals surface area (Å²) in [6, 6.07) is 8.81. The maximum absolute atomic E-state index is 12.4. The molecule has 1 aromatic heterocycles. The zero-order valence-corrected chi connectivity index (χ0v) is 18.2. The van der Waals surface area contributed by atoms with Crippen LogP contribution in [0.2, 0.25) is 0 Å². The SMILES string of the molecule is Cc1ccc(Cn2nc(C)c(CCC(=O)NC3CNCCC3C)c2C)cc1.Cl. The van der Waals surface area contributed by atoms with Gasteiger partial charge < -0.3 is 10.6 Å². The van der Waals surface area contributed by atoms with Crippen LogP contribution in [0.5, 0.6) is 0 Å². The molecule has 0 spiro atoms. The van der Waals surface area contributed by atoms with Crippen molar-refractivity contribution in [1.82, 2.24) is 20.4 Å². The van der Waals surface area contributed by atoms with Gasteiger partial charge in [-0.15, -0.1) is 12.4 Å². The number of piperidine rings is 1. The number of halogens is 1. The van der Waals surface area contributed by atoms with Crippen LogP contribution in [-0.4, -0.2) is 34.8 Å². The predicted molar refractivity (Wildman–Crippen MR) is 116 cm³/mol. The number of hydrogen-bond donors (Lipinski definition) is 2. The number of benzene rings is 1. The molecule has 0 radical (unpaired) electrons. The van der Waals surface area contributed by atoms with E-state index in [-0.39, 0.29) is 24.4 Å². The molecular weight excluding hydrogens is 372 g/mol. The minimum absolute atomic E-state index is 0. The molecule has 1 aromatic carbocycles. The zero-order valence-electron chi connectivity index (χ0n) is 17.4. The normalized spacial score (nSPS) is 19.1. The maximum Gasteiger partial charge on any atom is 0.220 e. The third-order valence-electron chi connectivity index (χ3n) is 5.76. The molecule has 1 saturated heterocycles. The number of amides is 1. The van der Waals surface area contributed by atoms with Crippen molar-refractivity contribution in [2.24, 2.45) is 5.92 Å². The van der Waals surface area contributed by atoms with Crippen molar-refractivity contribution in [3.05, 3.63) is 52.3 Å². The monoisotopic (exact) mass is 404 g/mol. The van der Waals surface area contributed by atoms with Crippen molar-refractivity contribution >= 4 is 18.3 Å². The molecule has 1 fully saturated rings. The second kappa shape index (κ2) is 10.1.